The van der Waals surface area contributed by atoms with Crippen molar-refractivity contribution in [1.82, 2.24) is 4.57 Å². The van der Waals surface area contributed by atoms with Crippen LogP contribution < -0.4 is 5.32 Å². The summed E-state index contributed by atoms with van der Waals surface area (Å²) in [6, 6.07) is 12.9. The highest BCUT2D eigenvalue weighted by Crippen LogP contribution is 2.33. The molecule has 0 spiro atoms. The topological polar surface area (TPSA) is 102 Å². The maximum atomic E-state index is 13.0. The lowest BCUT2D eigenvalue weighted by Crippen LogP contribution is -2.31. The Kier molecular flexibility index (Phi) is 5.26. The Balaban J connectivity index is 1.77. The quantitative estimate of drug-likeness (QED) is 0.703. The average Bonchev–Trinajstić information content (AvgIpc) is 3.09. The summed E-state index contributed by atoms with van der Waals surface area (Å²) in [6.45, 7) is -0.135. The van der Waals surface area contributed by atoms with E-state index in [1.54, 1.807) is 35.0 Å². The van der Waals surface area contributed by atoms with Crippen molar-refractivity contribution < 1.29 is 23.1 Å². The second-order valence-electron chi connectivity index (χ2n) is 6.23. The number of carbonyl (C=O) groups excluding carboxylic acids is 1. The maximum absolute atomic E-state index is 13.0. The summed E-state index contributed by atoms with van der Waals surface area (Å²) < 4.78 is 40.7. The molecule has 0 saturated heterocycles. The maximum Gasteiger partial charge on any atom is 0.417 e. The summed E-state index contributed by atoms with van der Waals surface area (Å²) in [5.74, 6) is -0.890. The molecule has 1 unspecified atom stereocenters. The van der Waals surface area contributed by atoms with Gasteiger partial charge < -0.3 is 15.0 Å². The van der Waals surface area contributed by atoms with Gasteiger partial charge in [-0.25, -0.2) is 0 Å². The first-order valence-electron chi connectivity index (χ1n) is 8.32. The van der Waals surface area contributed by atoms with Crippen LogP contribution in [0.2, 0.25) is 0 Å². The van der Waals surface area contributed by atoms with Crippen LogP contribution in [0.4, 0.5) is 18.9 Å². The van der Waals surface area contributed by atoms with E-state index in [1.807, 2.05) is 6.07 Å². The van der Waals surface area contributed by atoms with Crippen LogP contribution in [0.3, 0.4) is 0 Å². The van der Waals surface area contributed by atoms with Gasteiger partial charge in [0, 0.05) is 22.8 Å². The molecule has 1 aromatic heterocycles. The largest absolute Gasteiger partial charge is 0.417 e. The minimum atomic E-state index is -4.75. The Bertz CT molecular complexity index is 1170. The Morgan fingerprint density at radius 2 is 1.90 bits per heavy atom. The number of hydrogen-bond acceptors (Lipinski definition) is 4. The Hall–Kier alpha value is -3.82. The van der Waals surface area contributed by atoms with E-state index in [9.17, 15) is 23.1 Å². The number of anilines is 1. The molecule has 0 saturated carbocycles. The first-order valence-corrected chi connectivity index (χ1v) is 8.32. The molecule has 1 amide bonds. The summed E-state index contributed by atoms with van der Waals surface area (Å²) in [5.41, 5.74) is -0.761. The van der Waals surface area contributed by atoms with Crippen molar-refractivity contribution in [3.8, 4) is 12.1 Å². The summed E-state index contributed by atoms with van der Waals surface area (Å²) in [7, 11) is 0. The van der Waals surface area contributed by atoms with Crippen LogP contribution in [-0.2, 0) is 17.5 Å². The van der Waals surface area contributed by atoms with Gasteiger partial charge in [0.1, 0.15) is 0 Å². The van der Waals surface area contributed by atoms with Gasteiger partial charge in [-0.15, -0.1) is 0 Å². The molecule has 29 heavy (non-hydrogen) atoms. The predicted molar refractivity (Wildman–Crippen MR) is 97.4 cm³/mol. The van der Waals surface area contributed by atoms with Crippen molar-refractivity contribution in [2.75, 3.05) is 5.32 Å². The van der Waals surface area contributed by atoms with Gasteiger partial charge in [-0.1, -0.05) is 0 Å². The number of nitrogens with one attached hydrogen (secondary N) is 1. The molecule has 0 aliphatic heterocycles. The number of aromatic nitrogens is 1. The molecule has 1 atom stereocenters. The number of nitriles is 2. The Morgan fingerprint density at radius 1 is 1.14 bits per heavy atom. The molecular formula is C20H13F3N4O2. The second-order valence-corrected chi connectivity index (χ2v) is 6.23. The molecule has 9 heteroatoms. The van der Waals surface area contributed by atoms with Crippen LogP contribution >= 0.6 is 0 Å². The number of nitrogens with zero attached hydrogens (tertiary/aromatic N) is 3. The first-order chi connectivity index (χ1) is 13.7. The van der Waals surface area contributed by atoms with Crippen LogP contribution in [0.5, 0.6) is 0 Å². The van der Waals surface area contributed by atoms with E-state index >= 15 is 0 Å². The molecule has 0 aliphatic carbocycles. The molecule has 2 N–H and O–H groups in total. The van der Waals surface area contributed by atoms with Gasteiger partial charge in [0.05, 0.1) is 35.4 Å². The van der Waals surface area contributed by atoms with Crippen LogP contribution in [-0.4, -0.2) is 21.7 Å². The third-order valence-electron chi connectivity index (χ3n) is 4.29. The number of hydrogen-bond donors (Lipinski definition) is 2. The smallest absolute Gasteiger partial charge is 0.381 e. The van der Waals surface area contributed by atoms with E-state index in [-0.39, 0.29) is 12.2 Å². The molecule has 2 aromatic carbocycles. The van der Waals surface area contributed by atoms with Crippen LogP contribution in [0.25, 0.3) is 10.9 Å². The lowest BCUT2D eigenvalue weighted by atomic mass is 10.1. The number of aliphatic hydroxyl groups is 1. The van der Waals surface area contributed by atoms with Crippen LogP contribution in [0, 0.1) is 22.7 Å². The third-order valence-corrected chi connectivity index (χ3v) is 4.29. The number of alkyl halides is 3. The van der Waals surface area contributed by atoms with Crippen LogP contribution in [0.1, 0.15) is 16.7 Å². The highest BCUT2D eigenvalue weighted by Gasteiger charge is 2.34. The van der Waals surface area contributed by atoms with Gasteiger partial charge in [0.2, 0.25) is 0 Å². The van der Waals surface area contributed by atoms with E-state index in [2.05, 4.69) is 5.32 Å². The van der Waals surface area contributed by atoms with Gasteiger partial charge in [0.25, 0.3) is 5.91 Å². The summed E-state index contributed by atoms with van der Waals surface area (Å²) >= 11 is 0. The van der Waals surface area contributed by atoms with Gasteiger partial charge >= 0.3 is 6.18 Å². The van der Waals surface area contributed by atoms with Gasteiger partial charge in [0.15, 0.2) is 6.10 Å². The average molecular weight is 398 g/mol. The predicted octanol–water partition coefficient (Wildman–Crippen LogP) is 3.40. The molecule has 3 rings (SSSR count). The minimum absolute atomic E-state index is 0.135. The van der Waals surface area contributed by atoms with Gasteiger partial charge in [-0.3, -0.25) is 4.79 Å². The molecule has 6 nitrogen and oxygen atoms in total. The minimum Gasteiger partial charge on any atom is -0.381 e. The molecule has 0 aliphatic rings. The monoisotopic (exact) mass is 398 g/mol. The lowest BCUT2D eigenvalue weighted by molar-refractivity contribution is -0.137. The number of halogens is 3. The van der Waals surface area contributed by atoms with Crippen molar-refractivity contribution in [3.05, 3.63) is 65.4 Å². The Morgan fingerprint density at radius 3 is 2.55 bits per heavy atom. The molecule has 146 valence electrons. The zero-order chi connectivity index (χ0) is 21.2. The number of fused-ring (bicyclic) bond motifs is 1. The number of amides is 1. The van der Waals surface area contributed by atoms with Gasteiger partial charge in [-0.05, 0) is 42.5 Å². The Labute approximate surface area is 163 Å². The zero-order valence-electron chi connectivity index (χ0n) is 14.7. The normalized spacial score (nSPS) is 12.2. The molecule has 0 fully saturated rings. The van der Waals surface area contributed by atoms with E-state index < -0.39 is 29.3 Å². The highest BCUT2D eigenvalue weighted by molar-refractivity contribution is 5.94. The summed E-state index contributed by atoms with van der Waals surface area (Å²) in [5, 5.41) is 30.9. The van der Waals surface area contributed by atoms with Crippen molar-refractivity contribution in [3.63, 3.8) is 0 Å². The van der Waals surface area contributed by atoms with E-state index in [4.69, 9.17) is 10.5 Å². The van der Waals surface area contributed by atoms with Crippen molar-refractivity contribution in [2.24, 2.45) is 0 Å². The number of rotatable bonds is 4. The van der Waals surface area contributed by atoms with E-state index in [1.165, 1.54) is 6.07 Å². The molecule has 3 aromatic rings. The molecule has 1 heterocycles. The van der Waals surface area contributed by atoms with E-state index in [0.29, 0.717) is 17.1 Å². The van der Waals surface area contributed by atoms with Crippen molar-refractivity contribution in [1.29, 1.82) is 10.5 Å². The van der Waals surface area contributed by atoms with Crippen molar-refractivity contribution >= 4 is 22.5 Å². The van der Waals surface area contributed by atoms with Crippen LogP contribution in [0.15, 0.2) is 48.7 Å². The van der Waals surface area contributed by atoms with E-state index in [0.717, 1.165) is 17.5 Å². The number of aliphatic hydroxyl groups excluding tert-OH is 1. The molecule has 0 bridgehead atoms. The zero-order valence-corrected chi connectivity index (χ0v) is 14.7. The standard InChI is InChI=1S/C20H13F3N4O2/c21-20(22,23)16-8-15(3-2-14(16)10-25)26-19(29)18(28)11-27-6-5-13-7-12(9-24)1-4-17(13)27/h1-8,18,28H,11H2,(H,26,29). The molecular weight excluding hydrogens is 385 g/mol. The fourth-order valence-electron chi connectivity index (χ4n) is 2.88. The van der Waals surface area contributed by atoms with Crippen molar-refractivity contribution in [2.45, 2.75) is 18.8 Å². The SMILES string of the molecule is N#Cc1ccc2c(ccn2CC(O)C(=O)Nc2ccc(C#N)c(C(F)(F)F)c2)c1. The second kappa shape index (κ2) is 7.66. The fraction of sp³-hybridized carbons (Fsp3) is 0.150. The lowest BCUT2D eigenvalue weighted by Gasteiger charge is -2.15. The summed E-state index contributed by atoms with van der Waals surface area (Å²) in [4.78, 5) is 12.2. The molecule has 0 radical (unpaired) electrons. The van der Waals surface area contributed by atoms with Gasteiger partial charge in [-0.2, -0.15) is 23.7 Å². The summed E-state index contributed by atoms with van der Waals surface area (Å²) in [6.07, 6.45) is -4.66. The highest BCUT2D eigenvalue weighted by atomic mass is 19.4. The first kappa shape index (κ1) is 19.9. The fourth-order valence-corrected chi connectivity index (χ4v) is 2.88. The number of benzene rings is 2. The number of carbonyl (C=O) groups is 1. The third kappa shape index (κ3) is 4.21.